The van der Waals surface area contributed by atoms with Crippen molar-refractivity contribution in [1.82, 2.24) is 0 Å². The zero-order valence-corrected chi connectivity index (χ0v) is 25.5. The summed E-state index contributed by atoms with van der Waals surface area (Å²) in [5.41, 5.74) is 3.84. The first kappa shape index (κ1) is 30.1. The molecule has 236 valence electrons. The van der Waals surface area contributed by atoms with E-state index >= 15 is 8.78 Å². The molecule has 7 rings (SSSR count). The van der Waals surface area contributed by atoms with Crippen LogP contribution in [0, 0.1) is 29.6 Å². The first-order valence-electron chi connectivity index (χ1n) is 16.3. The van der Waals surface area contributed by atoms with Gasteiger partial charge in [0.05, 0.1) is 17.9 Å². The van der Waals surface area contributed by atoms with Gasteiger partial charge in [-0.15, -0.1) is 6.42 Å². The van der Waals surface area contributed by atoms with Crippen molar-refractivity contribution < 1.29 is 33.7 Å². The monoisotopic (exact) mass is 607 g/mol. The van der Waals surface area contributed by atoms with Crippen LogP contribution >= 0.6 is 0 Å². The molecule has 1 saturated heterocycles. The Kier molecular flexibility index (Phi) is 7.36. The highest BCUT2D eigenvalue weighted by Gasteiger charge is 2.71. The summed E-state index contributed by atoms with van der Waals surface area (Å²) in [5.74, 6) is -1.40. The molecule has 1 aromatic rings. The van der Waals surface area contributed by atoms with Crippen LogP contribution in [-0.2, 0) is 9.57 Å². The maximum atomic E-state index is 15.4. The zero-order chi connectivity index (χ0) is 31.0. The Bertz CT molecular complexity index is 1430. The molecule has 0 spiro atoms. The molecule has 8 heteroatoms. The van der Waals surface area contributed by atoms with E-state index in [-0.39, 0.29) is 30.6 Å². The molecule has 1 aromatic carbocycles. The van der Waals surface area contributed by atoms with Crippen LogP contribution in [0.25, 0.3) is 0 Å². The molecule has 0 unspecified atom stereocenters. The predicted octanol–water partition coefficient (Wildman–Crippen LogP) is 6.12. The van der Waals surface area contributed by atoms with Gasteiger partial charge in [-0.25, -0.2) is 0 Å². The average Bonchev–Trinajstić information content (AvgIpc) is 3.83. The molecule has 0 amide bonds. The Hall–Kier alpha value is -2.57. The van der Waals surface area contributed by atoms with Gasteiger partial charge in [-0.3, -0.25) is 0 Å². The topological polar surface area (TPSA) is 91.5 Å². The van der Waals surface area contributed by atoms with E-state index in [9.17, 15) is 15.3 Å². The molecule has 0 radical (unpaired) electrons. The third kappa shape index (κ3) is 4.69. The molecule has 1 heterocycles. The van der Waals surface area contributed by atoms with Crippen LogP contribution in [0.1, 0.15) is 101 Å². The molecule has 1 aliphatic heterocycles. The quantitative estimate of drug-likeness (QED) is 0.277. The van der Waals surface area contributed by atoms with E-state index in [0.29, 0.717) is 25.2 Å². The predicted molar refractivity (Wildman–Crippen MR) is 162 cm³/mol. The Morgan fingerprint density at radius 3 is 2.48 bits per heavy atom. The van der Waals surface area contributed by atoms with Gasteiger partial charge in [0.1, 0.15) is 11.7 Å². The molecule has 6 aliphatic rings. The van der Waals surface area contributed by atoms with Crippen LogP contribution in [0.3, 0.4) is 0 Å². The molecular weight excluding hydrogens is 564 g/mol. The minimum atomic E-state index is -3.61. The molecular formula is C36H43F2NO5. The highest BCUT2D eigenvalue weighted by atomic mass is 19.3. The van der Waals surface area contributed by atoms with Gasteiger partial charge in [0.15, 0.2) is 0 Å². The summed E-state index contributed by atoms with van der Waals surface area (Å²) in [6, 6.07) is 8.76. The van der Waals surface area contributed by atoms with Crippen molar-refractivity contribution in [3.8, 4) is 12.3 Å². The number of benzene rings is 1. The summed E-state index contributed by atoms with van der Waals surface area (Å²) < 4.78 is 36.4. The number of halogens is 2. The van der Waals surface area contributed by atoms with E-state index in [2.05, 4.69) is 35.5 Å². The normalized spacial score (nSPS) is 41.4. The van der Waals surface area contributed by atoms with E-state index in [0.717, 1.165) is 30.5 Å². The van der Waals surface area contributed by atoms with E-state index in [1.165, 1.54) is 35.1 Å². The van der Waals surface area contributed by atoms with Gasteiger partial charge < -0.3 is 24.9 Å². The van der Waals surface area contributed by atoms with Gasteiger partial charge in [0.2, 0.25) is 6.29 Å². The van der Waals surface area contributed by atoms with Gasteiger partial charge in [0, 0.05) is 17.8 Å². The van der Waals surface area contributed by atoms with Gasteiger partial charge >= 0.3 is 5.92 Å². The Morgan fingerprint density at radius 1 is 1.07 bits per heavy atom. The minimum Gasteiger partial charge on any atom is -0.390 e. The Morgan fingerprint density at radius 2 is 1.80 bits per heavy atom. The molecule has 6 nitrogen and oxygen atoms in total. The fourth-order valence-corrected chi connectivity index (χ4v) is 9.32. The number of aliphatic hydroxyl groups excluding tert-OH is 2. The number of aliphatic hydroxyl groups is 3. The van der Waals surface area contributed by atoms with Crippen LogP contribution in [-0.4, -0.2) is 57.2 Å². The maximum absolute atomic E-state index is 15.4. The van der Waals surface area contributed by atoms with Gasteiger partial charge in [-0.05, 0) is 117 Å². The van der Waals surface area contributed by atoms with Crippen molar-refractivity contribution in [1.29, 1.82) is 0 Å². The van der Waals surface area contributed by atoms with Gasteiger partial charge in [-0.2, -0.15) is 8.78 Å². The number of terminal acetylenes is 1. The maximum Gasteiger partial charge on any atom is 0.336 e. The lowest BCUT2D eigenvalue weighted by atomic mass is 9.50. The number of ether oxygens (including phenoxy) is 1. The van der Waals surface area contributed by atoms with Gasteiger partial charge in [-0.1, -0.05) is 41.9 Å². The lowest BCUT2D eigenvalue weighted by molar-refractivity contribution is -0.246. The van der Waals surface area contributed by atoms with Crippen molar-refractivity contribution in [3.05, 3.63) is 58.2 Å². The number of nitrogens with zero attached hydrogens (tertiary/aromatic N) is 1. The summed E-state index contributed by atoms with van der Waals surface area (Å²) in [6.07, 6.45) is 10.8. The highest BCUT2D eigenvalue weighted by molar-refractivity contribution is 5.97. The van der Waals surface area contributed by atoms with Crippen LogP contribution in [0.5, 0.6) is 0 Å². The van der Waals surface area contributed by atoms with E-state index in [4.69, 9.17) is 16.0 Å². The van der Waals surface area contributed by atoms with Crippen molar-refractivity contribution in [3.63, 3.8) is 0 Å². The third-order valence-corrected chi connectivity index (χ3v) is 12.0. The lowest BCUT2D eigenvalue weighted by Crippen LogP contribution is -2.60. The van der Waals surface area contributed by atoms with Crippen molar-refractivity contribution in [2.45, 2.75) is 126 Å². The summed E-state index contributed by atoms with van der Waals surface area (Å²) in [7, 11) is 0. The summed E-state index contributed by atoms with van der Waals surface area (Å²) in [6.45, 7) is 3.56. The molecule has 0 bridgehead atoms. The van der Waals surface area contributed by atoms with Gasteiger partial charge in [0.25, 0.3) is 0 Å². The van der Waals surface area contributed by atoms with Crippen LogP contribution in [0.15, 0.2) is 52.2 Å². The molecule has 0 aromatic heterocycles. The van der Waals surface area contributed by atoms with E-state index in [1.807, 2.05) is 6.92 Å². The van der Waals surface area contributed by atoms with Crippen LogP contribution in [0.4, 0.5) is 8.78 Å². The summed E-state index contributed by atoms with van der Waals surface area (Å²) >= 11 is 0. The molecule has 3 N–H and O–H groups in total. The smallest absolute Gasteiger partial charge is 0.336 e. The molecule has 9 atom stereocenters. The Balaban J connectivity index is 1.24. The van der Waals surface area contributed by atoms with E-state index < -0.39 is 41.5 Å². The highest BCUT2D eigenvalue weighted by Crippen LogP contribution is 2.69. The lowest BCUT2D eigenvalue weighted by Gasteiger charge is -2.55. The van der Waals surface area contributed by atoms with Crippen LogP contribution in [0.2, 0.25) is 0 Å². The van der Waals surface area contributed by atoms with Crippen LogP contribution < -0.4 is 0 Å². The molecule has 5 aliphatic carbocycles. The summed E-state index contributed by atoms with van der Waals surface area (Å²) in [5, 5.41) is 36.2. The number of allylic oxidation sites excluding steroid dienone is 4. The SMILES string of the molecule is C#CC(F)(F)[C@]1(O)CC[C@H]2[C@@H]3CCC4=C/C(=N/O[C@H]5C[C@H](O)[C@H](O)[C@H](C)O5)CCC4=C3[C@H](c3ccc(C4CC4)cc3)C[C@@]21C. The fraction of sp³-hybridized carbons (Fsp3) is 0.639. The van der Waals surface area contributed by atoms with Crippen molar-refractivity contribution in [2.24, 2.45) is 22.4 Å². The zero-order valence-electron chi connectivity index (χ0n) is 25.5. The molecule has 44 heavy (non-hydrogen) atoms. The second-order valence-corrected chi connectivity index (χ2v) is 14.3. The summed E-state index contributed by atoms with van der Waals surface area (Å²) in [4.78, 5) is 5.68. The largest absolute Gasteiger partial charge is 0.390 e. The second kappa shape index (κ2) is 10.8. The Labute approximate surface area is 258 Å². The standard InChI is InChI=1S/C36H43F2NO5/c1-4-36(37,38)35(42)16-15-29-27-13-11-24-17-25(39-44-31-18-30(40)33(41)20(2)43-31)12-14-26(24)32(27)28(19-34(29,35)3)23-9-7-22(8-10-23)21-5-6-21/h1,7-10,17,20-21,27-31,33,40-42H,5-6,11-16,18-19H2,2-3H3/b39-25+/t20-,27-,28-,29-,30-,31-,33+,34-,35-/m0/s1. The second-order valence-electron chi connectivity index (χ2n) is 14.3. The molecule has 4 fully saturated rings. The first-order chi connectivity index (χ1) is 21.0. The average molecular weight is 608 g/mol. The number of hydrogen-bond donors (Lipinski definition) is 3. The number of alkyl halides is 2. The van der Waals surface area contributed by atoms with Crippen molar-refractivity contribution in [2.75, 3.05) is 0 Å². The van der Waals surface area contributed by atoms with Crippen molar-refractivity contribution >= 4 is 5.71 Å². The number of rotatable bonds is 5. The third-order valence-electron chi connectivity index (χ3n) is 12.0. The fourth-order valence-electron chi connectivity index (χ4n) is 9.32. The number of oxime groups is 1. The number of hydrogen-bond acceptors (Lipinski definition) is 6. The van der Waals surface area contributed by atoms with E-state index in [1.54, 1.807) is 12.8 Å². The number of fused-ring (bicyclic) bond motifs is 4. The minimum absolute atomic E-state index is 0.00222. The first-order valence-corrected chi connectivity index (χ1v) is 16.3. The molecule has 3 saturated carbocycles.